The second-order valence-electron chi connectivity index (χ2n) is 5.74. The Bertz CT molecular complexity index is 605. The van der Waals surface area contributed by atoms with Gasteiger partial charge in [-0.1, -0.05) is 30.3 Å². The van der Waals surface area contributed by atoms with Crippen molar-refractivity contribution < 1.29 is 19.1 Å². The van der Waals surface area contributed by atoms with Crippen molar-refractivity contribution in [3.8, 4) is 0 Å². The number of urea groups is 1. The van der Waals surface area contributed by atoms with Gasteiger partial charge in [0.15, 0.2) is 0 Å². The molecule has 7 nitrogen and oxygen atoms in total. The molecule has 1 aliphatic heterocycles. The van der Waals surface area contributed by atoms with Crippen molar-refractivity contribution in [2.24, 2.45) is 0 Å². The lowest BCUT2D eigenvalue weighted by atomic mass is 9.92. The first-order chi connectivity index (χ1) is 10.9. The molecule has 0 aliphatic carbocycles. The van der Waals surface area contributed by atoms with Crippen LogP contribution in [-0.4, -0.2) is 49.0 Å². The number of ether oxygens (including phenoxy) is 1. The summed E-state index contributed by atoms with van der Waals surface area (Å²) in [6, 6.07) is 8.18. The summed E-state index contributed by atoms with van der Waals surface area (Å²) in [4.78, 5) is 37.6. The van der Waals surface area contributed by atoms with E-state index in [0.29, 0.717) is 12.2 Å². The molecule has 1 heterocycles. The number of nitrogens with zero attached hydrogens (tertiary/aromatic N) is 1. The maximum atomic E-state index is 12.6. The molecule has 4 amide bonds. The topological polar surface area (TPSA) is 87.7 Å². The summed E-state index contributed by atoms with van der Waals surface area (Å²) in [7, 11) is 1.53. The van der Waals surface area contributed by atoms with E-state index in [4.69, 9.17) is 4.74 Å². The van der Waals surface area contributed by atoms with E-state index in [1.54, 1.807) is 38.1 Å². The summed E-state index contributed by atoms with van der Waals surface area (Å²) in [5.41, 5.74) is -0.481. The number of benzene rings is 1. The van der Waals surface area contributed by atoms with Crippen LogP contribution in [0.25, 0.3) is 0 Å². The van der Waals surface area contributed by atoms with E-state index in [-0.39, 0.29) is 12.6 Å². The third-order valence-corrected chi connectivity index (χ3v) is 3.75. The van der Waals surface area contributed by atoms with E-state index in [0.717, 1.165) is 4.90 Å². The highest BCUT2D eigenvalue weighted by Gasteiger charge is 2.49. The quantitative estimate of drug-likeness (QED) is 0.752. The molecular weight excluding hydrogens is 298 g/mol. The molecule has 2 atom stereocenters. The Balaban J connectivity index is 2.09. The minimum atomic E-state index is -1.16. The largest absolute Gasteiger partial charge is 0.383 e. The zero-order chi connectivity index (χ0) is 17.0. The first-order valence-corrected chi connectivity index (χ1v) is 7.36. The lowest BCUT2D eigenvalue weighted by Crippen LogP contribution is -2.45. The summed E-state index contributed by atoms with van der Waals surface area (Å²) < 4.78 is 4.93. The van der Waals surface area contributed by atoms with E-state index in [1.807, 2.05) is 6.07 Å². The second kappa shape index (κ2) is 6.78. The van der Waals surface area contributed by atoms with Gasteiger partial charge in [-0.2, -0.15) is 0 Å². The third kappa shape index (κ3) is 3.50. The summed E-state index contributed by atoms with van der Waals surface area (Å²) >= 11 is 0. The molecule has 2 rings (SSSR count). The van der Waals surface area contributed by atoms with Crippen molar-refractivity contribution >= 4 is 17.8 Å². The zero-order valence-electron chi connectivity index (χ0n) is 13.5. The van der Waals surface area contributed by atoms with Crippen LogP contribution in [0, 0.1) is 0 Å². The molecule has 23 heavy (non-hydrogen) atoms. The first kappa shape index (κ1) is 17.0. The fourth-order valence-electron chi connectivity index (χ4n) is 2.56. The molecule has 1 fully saturated rings. The van der Waals surface area contributed by atoms with Crippen LogP contribution in [-0.2, 0) is 19.9 Å². The van der Waals surface area contributed by atoms with Crippen LogP contribution in [0.4, 0.5) is 4.79 Å². The number of amides is 4. The number of carbonyl (C=O) groups is 3. The fourth-order valence-corrected chi connectivity index (χ4v) is 2.56. The van der Waals surface area contributed by atoms with E-state index in [9.17, 15) is 14.4 Å². The van der Waals surface area contributed by atoms with E-state index in [2.05, 4.69) is 10.6 Å². The molecular formula is C16H21N3O4. The smallest absolute Gasteiger partial charge is 0.325 e. The highest BCUT2D eigenvalue weighted by Crippen LogP contribution is 2.28. The SMILES string of the molecule is COC[C@H](C)NC(=O)CN1C(=O)N[C@](C)(c2ccccc2)C1=O. The van der Waals surface area contributed by atoms with Gasteiger partial charge in [0.25, 0.3) is 5.91 Å². The van der Waals surface area contributed by atoms with Crippen LogP contribution in [0.5, 0.6) is 0 Å². The van der Waals surface area contributed by atoms with Gasteiger partial charge in [0, 0.05) is 13.2 Å². The Morgan fingerprint density at radius 3 is 2.61 bits per heavy atom. The molecule has 1 aromatic rings. The van der Waals surface area contributed by atoms with Gasteiger partial charge in [0.05, 0.1) is 6.61 Å². The monoisotopic (exact) mass is 319 g/mol. The maximum absolute atomic E-state index is 12.6. The third-order valence-electron chi connectivity index (χ3n) is 3.75. The first-order valence-electron chi connectivity index (χ1n) is 7.36. The van der Waals surface area contributed by atoms with Crippen molar-refractivity contribution in [2.45, 2.75) is 25.4 Å². The molecule has 0 unspecified atom stereocenters. The average molecular weight is 319 g/mol. The zero-order valence-corrected chi connectivity index (χ0v) is 13.5. The van der Waals surface area contributed by atoms with Crippen LogP contribution < -0.4 is 10.6 Å². The van der Waals surface area contributed by atoms with Crippen molar-refractivity contribution in [3.63, 3.8) is 0 Å². The van der Waals surface area contributed by atoms with Gasteiger partial charge in [-0.25, -0.2) is 4.79 Å². The predicted molar refractivity (Wildman–Crippen MR) is 83.5 cm³/mol. The van der Waals surface area contributed by atoms with E-state index in [1.165, 1.54) is 7.11 Å². The van der Waals surface area contributed by atoms with Crippen molar-refractivity contribution in [3.05, 3.63) is 35.9 Å². The van der Waals surface area contributed by atoms with Crippen LogP contribution in [0.2, 0.25) is 0 Å². The minimum Gasteiger partial charge on any atom is -0.383 e. The lowest BCUT2D eigenvalue weighted by molar-refractivity contribution is -0.135. The maximum Gasteiger partial charge on any atom is 0.325 e. The molecule has 0 aromatic heterocycles. The molecule has 0 bridgehead atoms. The molecule has 2 N–H and O–H groups in total. The molecule has 0 spiro atoms. The number of hydrogen-bond donors (Lipinski definition) is 2. The second-order valence-corrected chi connectivity index (χ2v) is 5.74. The van der Waals surface area contributed by atoms with Gasteiger partial charge in [-0.3, -0.25) is 14.5 Å². The van der Waals surface area contributed by atoms with Crippen LogP contribution in [0.1, 0.15) is 19.4 Å². The Morgan fingerprint density at radius 2 is 2.00 bits per heavy atom. The highest BCUT2D eigenvalue weighted by molar-refractivity contribution is 6.09. The van der Waals surface area contributed by atoms with Gasteiger partial charge < -0.3 is 15.4 Å². The molecule has 0 radical (unpaired) electrons. The lowest BCUT2D eigenvalue weighted by Gasteiger charge is -2.22. The molecule has 124 valence electrons. The Hall–Kier alpha value is -2.41. The number of methoxy groups -OCH3 is 1. The number of hydrogen-bond acceptors (Lipinski definition) is 4. The summed E-state index contributed by atoms with van der Waals surface area (Å²) in [6.45, 7) is 3.45. The van der Waals surface area contributed by atoms with Crippen LogP contribution >= 0.6 is 0 Å². The summed E-state index contributed by atoms with van der Waals surface area (Å²) in [5.74, 6) is -0.849. The van der Waals surface area contributed by atoms with Gasteiger partial charge in [0.1, 0.15) is 12.1 Å². The number of rotatable bonds is 6. The van der Waals surface area contributed by atoms with Gasteiger partial charge in [-0.15, -0.1) is 0 Å². The molecule has 7 heteroatoms. The van der Waals surface area contributed by atoms with E-state index < -0.39 is 23.4 Å². The number of nitrogens with one attached hydrogen (secondary N) is 2. The molecule has 1 saturated heterocycles. The van der Waals surface area contributed by atoms with Gasteiger partial charge in [0.2, 0.25) is 5.91 Å². The van der Waals surface area contributed by atoms with Crippen molar-refractivity contribution in [2.75, 3.05) is 20.3 Å². The molecule has 1 aromatic carbocycles. The average Bonchev–Trinajstić information content (AvgIpc) is 2.73. The van der Waals surface area contributed by atoms with Gasteiger partial charge in [-0.05, 0) is 19.4 Å². The molecule has 1 aliphatic rings. The highest BCUT2D eigenvalue weighted by atomic mass is 16.5. The number of carbonyl (C=O) groups excluding carboxylic acids is 3. The standard InChI is InChI=1S/C16H21N3O4/c1-11(10-23-3)17-13(20)9-19-14(21)16(2,18-15(19)22)12-7-5-4-6-8-12/h4-8,11H,9-10H2,1-3H3,(H,17,20)(H,18,22)/t11-,16+/m0/s1. The normalized spacial score (nSPS) is 22.0. The Kier molecular flexibility index (Phi) is 5.00. The van der Waals surface area contributed by atoms with Crippen molar-refractivity contribution in [1.29, 1.82) is 0 Å². The van der Waals surface area contributed by atoms with Gasteiger partial charge >= 0.3 is 6.03 Å². The minimum absolute atomic E-state index is 0.200. The Labute approximate surface area is 135 Å². The summed E-state index contributed by atoms with van der Waals surface area (Å²) in [5, 5.41) is 5.34. The van der Waals surface area contributed by atoms with Crippen LogP contribution in [0.3, 0.4) is 0 Å². The van der Waals surface area contributed by atoms with Crippen LogP contribution in [0.15, 0.2) is 30.3 Å². The number of imide groups is 1. The fraction of sp³-hybridized carbons (Fsp3) is 0.438. The summed E-state index contributed by atoms with van der Waals surface area (Å²) in [6.07, 6.45) is 0. The van der Waals surface area contributed by atoms with E-state index >= 15 is 0 Å². The Morgan fingerprint density at radius 1 is 1.35 bits per heavy atom. The molecule has 0 saturated carbocycles. The van der Waals surface area contributed by atoms with Crippen molar-refractivity contribution in [1.82, 2.24) is 15.5 Å². The predicted octanol–water partition coefficient (Wildman–Crippen LogP) is 0.605.